The number of aliphatic imine (C=N–C) groups is 1. The summed E-state index contributed by atoms with van der Waals surface area (Å²) in [6, 6.07) is 5.28. The van der Waals surface area contributed by atoms with Crippen LogP contribution >= 0.6 is 0 Å². The van der Waals surface area contributed by atoms with Crippen LogP contribution in [0.5, 0.6) is 0 Å². The summed E-state index contributed by atoms with van der Waals surface area (Å²) >= 11 is 0. The molecule has 1 rings (SSSR count). The lowest BCUT2D eigenvalue weighted by atomic mass is 10.2. The Kier molecular flexibility index (Phi) is 3.77. The summed E-state index contributed by atoms with van der Waals surface area (Å²) in [4.78, 5) is 24.9. The lowest BCUT2D eigenvalue weighted by Gasteiger charge is -2.06. The van der Waals surface area contributed by atoms with Gasteiger partial charge in [-0.25, -0.2) is 4.79 Å². The van der Waals surface area contributed by atoms with Gasteiger partial charge >= 0.3 is 0 Å². The molecule has 0 saturated carbocycles. The first-order chi connectivity index (χ1) is 7.17. The first-order valence-corrected chi connectivity index (χ1v) is 4.65. The average Bonchev–Trinajstić information content (AvgIpc) is 2.22. The molecule has 4 nitrogen and oxygen atoms in total. The molecule has 4 heteroatoms. The Labute approximate surface area is 88.0 Å². The number of carbonyl (C=O) groups excluding carboxylic acids is 2. The number of hydrogen-bond donors (Lipinski definition) is 1. The molecule has 1 aromatic rings. The van der Waals surface area contributed by atoms with Gasteiger partial charge in [-0.3, -0.25) is 4.79 Å². The van der Waals surface area contributed by atoms with E-state index in [2.05, 4.69) is 10.3 Å². The lowest BCUT2D eigenvalue weighted by Crippen LogP contribution is -2.09. The van der Waals surface area contributed by atoms with Crippen LogP contribution in [0.1, 0.15) is 18.9 Å². The highest BCUT2D eigenvalue weighted by Gasteiger charge is 2.04. The molecule has 1 aromatic carbocycles. The maximum atomic E-state index is 11.2. The fourth-order valence-electron chi connectivity index (χ4n) is 1.13. The zero-order valence-electron chi connectivity index (χ0n) is 8.70. The normalized spacial score (nSPS) is 9.20. The number of nitrogens with one attached hydrogen (secondary N) is 1. The Morgan fingerprint density at radius 2 is 2.27 bits per heavy atom. The molecule has 0 fully saturated rings. The predicted molar refractivity (Wildman–Crippen MR) is 57.9 cm³/mol. The Hall–Kier alpha value is -1.93. The van der Waals surface area contributed by atoms with Crippen LogP contribution in [0.2, 0.25) is 0 Å². The smallest absolute Gasteiger partial charge is 0.240 e. The Morgan fingerprint density at radius 1 is 1.53 bits per heavy atom. The molecular weight excluding hydrogens is 192 g/mol. The molecule has 0 radical (unpaired) electrons. The van der Waals surface area contributed by atoms with E-state index in [9.17, 15) is 9.59 Å². The minimum absolute atomic E-state index is 0.110. The summed E-state index contributed by atoms with van der Waals surface area (Å²) in [5.41, 5.74) is 1.95. The molecule has 0 bridgehead atoms. The molecule has 1 amide bonds. The zero-order valence-corrected chi connectivity index (χ0v) is 8.70. The summed E-state index contributed by atoms with van der Waals surface area (Å²) in [5.74, 6) is -0.110. The fraction of sp³-hybridized carbons (Fsp3) is 0.273. The maximum absolute atomic E-state index is 11.2. The van der Waals surface area contributed by atoms with Crippen LogP contribution in [0.25, 0.3) is 0 Å². The molecule has 0 saturated heterocycles. The molecule has 15 heavy (non-hydrogen) atoms. The van der Waals surface area contributed by atoms with Crippen molar-refractivity contribution in [2.45, 2.75) is 20.3 Å². The van der Waals surface area contributed by atoms with Gasteiger partial charge in [-0.2, -0.15) is 4.99 Å². The second-order valence-corrected chi connectivity index (χ2v) is 3.13. The standard InChI is InChI=1S/C11H12N2O2/c1-3-11(15)13-9-5-4-8(2)6-10(9)12-7-14/h4-6H,3H2,1-2H3,(H,13,15). The van der Waals surface area contributed by atoms with Crippen molar-refractivity contribution in [1.82, 2.24) is 0 Å². The molecule has 0 heterocycles. The predicted octanol–water partition coefficient (Wildman–Crippen LogP) is 2.31. The van der Waals surface area contributed by atoms with Crippen molar-refractivity contribution >= 4 is 23.4 Å². The number of rotatable bonds is 3. The van der Waals surface area contributed by atoms with Crippen molar-refractivity contribution in [1.29, 1.82) is 0 Å². The molecule has 0 aliphatic rings. The van der Waals surface area contributed by atoms with Crippen molar-refractivity contribution in [2.24, 2.45) is 4.99 Å². The van der Waals surface area contributed by atoms with Gasteiger partial charge in [-0.1, -0.05) is 13.0 Å². The highest BCUT2D eigenvalue weighted by atomic mass is 16.1. The van der Waals surface area contributed by atoms with Crippen molar-refractivity contribution in [2.75, 3.05) is 5.32 Å². The van der Waals surface area contributed by atoms with Gasteiger partial charge in [0.2, 0.25) is 12.0 Å². The van der Waals surface area contributed by atoms with E-state index >= 15 is 0 Å². The van der Waals surface area contributed by atoms with Gasteiger partial charge in [-0.15, -0.1) is 0 Å². The lowest BCUT2D eigenvalue weighted by molar-refractivity contribution is -0.115. The van der Waals surface area contributed by atoms with Crippen LogP contribution in [-0.4, -0.2) is 12.0 Å². The zero-order chi connectivity index (χ0) is 11.3. The second kappa shape index (κ2) is 5.08. The number of nitrogens with zero attached hydrogens (tertiary/aromatic N) is 1. The topological polar surface area (TPSA) is 58.5 Å². The molecule has 1 N–H and O–H groups in total. The van der Waals surface area contributed by atoms with Crippen LogP contribution in [0.4, 0.5) is 11.4 Å². The first-order valence-electron chi connectivity index (χ1n) is 4.65. The van der Waals surface area contributed by atoms with Crippen LogP contribution in [0.15, 0.2) is 23.2 Å². The highest BCUT2D eigenvalue weighted by Crippen LogP contribution is 2.25. The quantitative estimate of drug-likeness (QED) is 0.606. The van der Waals surface area contributed by atoms with E-state index in [1.54, 1.807) is 19.1 Å². The largest absolute Gasteiger partial charge is 0.324 e. The molecule has 0 atom stereocenters. The Bertz CT molecular complexity index is 421. The minimum atomic E-state index is -0.110. The molecule has 0 unspecified atom stereocenters. The van der Waals surface area contributed by atoms with Crippen LogP contribution in [0.3, 0.4) is 0 Å². The monoisotopic (exact) mass is 204 g/mol. The molecule has 0 aliphatic heterocycles. The average molecular weight is 204 g/mol. The number of amides is 1. The van der Waals surface area contributed by atoms with Crippen LogP contribution in [-0.2, 0) is 9.59 Å². The van der Waals surface area contributed by atoms with E-state index in [0.29, 0.717) is 17.8 Å². The van der Waals surface area contributed by atoms with E-state index in [1.165, 1.54) is 6.08 Å². The van der Waals surface area contributed by atoms with E-state index in [1.807, 2.05) is 13.0 Å². The summed E-state index contributed by atoms with van der Waals surface area (Å²) in [5, 5.41) is 2.66. The van der Waals surface area contributed by atoms with Crippen LogP contribution < -0.4 is 5.32 Å². The van der Waals surface area contributed by atoms with E-state index in [4.69, 9.17) is 0 Å². The maximum Gasteiger partial charge on any atom is 0.240 e. The third kappa shape index (κ3) is 3.04. The van der Waals surface area contributed by atoms with Gasteiger partial charge < -0.3 is 5.32 Å². The van der Waals surface area contributed by atoms with Gasteiger partial charge in [-0.05, 0) is 24.6 Å². The third-order valence-electron chi connectivity index (χ3n) is 1.91. The molecular formula is C11H12N2O2. The second-order valence-electron chi connectivity index (χ2n) is 3.13. The minimum Gasteiger partial charge on any atom is -0.324 e. The van der Waals surface area contributed by atoms with Gasteiger partial charge in [0, 0.05) is 6.42 Å². The van der Waals surface area contributed by atoms with Crippen LogP contribution in [0, 0.1) is 6.92 Å². The van der Waals surface area contributed by atoms with E-state index < -0.39 is 0 Å². The first kappa shape index (κ1) is 11.1. The fourth-order valence-corrected chi connectivity index (χ4v) is 1.13. The Morgan fingerprint density at radius 3 is 2.87 bits per heavy atom. The number of carbonyl (C=O) groups is 1. The number of isocyanates is 1. The number of aryl methyl sites for hydroxylation is 1. The van der Waals surface area contributed by atoms with Crippen molar-refractivity contribution in [3.05, 3.63) is 23.8 Å². The summed E-state index contributed by atoms with van der Waals surface area (Å²) in [7, 11) is 0. The number of benzene rings is 1. The summed E-state index contributed by atoms with van der Waals surface area (Å²) in [6.07, 6.45) is 1.85. The molecule has 0 aromatic heterocycles. The number of anilines is 1. The third-order valence-corrected chi connectivity index (χ3v) is 1.91. The highest BCUT2D eigenvalue weighted by molar-refractivity contribution is 5.93. The van der Waals surface area contributed by atoms with Gasteiger partial charge in [0.25, 0.3) is 0 Å². The summed E-state index contributed by atoms with van der Waals surface area (Å²) < 4.78 is 0. The molecule has 0 aliphatic carbocycles. The van der Waals surface area contributed by atoms with E-state index in [-0.39, 0.29) is 5.91 Å². The SMILES string of the molecule is CCC(=O)Nc1ccc(C)cc1N=C=O. The summed E-state index contributed by atoms with van der Waals surface area (Å²) in [6.45, 7) is 3.64. The molecule has 78 valence electrons. The molecule has 0 spiro atoms. The Balaban J connectivity index is 3.05. The van der Waals surface area contributed by atoms with Crippen molar-refractivity contribution in [3.63, 3.8) is 0 Å². The van der Waals surface area contributed by atoms with Gasteiger partial charge in [0.15, 0.2) is 0 Å². The van der Waals surface area contributed by atoms with Gasteiger partial charge in [0.05, 0.1) is 5.69 Å². The van der Waals surface area contributed by atoms with Crippen molar-refractivity contribution in [3.8, 4) is 0 Å². The van der Waals surface area contributed by atoms with E-state index in [0.717, 1.165) is 5.56 Å². The number of hydrogen-bond acceptors (Lipinski definition) is 3. The van der Waals surface area contributed by atoms with Gasteiger partial charge in [0.1, 0.15) is 5.69 Å². The van der Waals surface area contributed by atoms with Crippen molar-refractivity contribution < 1.29 is 9.59 Å².